The number of hydrogen-bond acceptors (Lipinski definition) is 4. The Balaban J connectivity index is 2.82. The van der Waals surface area contributed by atoms with Gasteiger partial charge in [-0.3, -0.25) is 0 Å². The molecule has 0 unspecified atom stereocenters. The van der Waals surface area contributed by atoms with Crippen LogP contribution in [0.1, 0.15) is 5.56 Å². The Kier molecular flexibility index (Phi) is 1.86. The van der Waals surface area contributed by atoms with Crippen molar-refractivity contribution in [1.82, 2.24) is 0 Å². The molecular formula is C9H8O3S. The van der Waals surface area contributed by atoms with Gasteiger partial charge in [0.25, 0.3) is 0 Å². The second-order valence-corrected chi connectivity index (χ2v) is 3.67. The normalized spacial score (nSPS) is 10.8. The van der Waals surface area contributed by atoms with Crippen molar-refractivity contribution in [3.63, 3.8) is 0 Å². The molecule has 0 saturated carbocycles. The van der Waals surface area contributed by atoms with Crippen LogP contribution in [0.2, 0.25) is 0 Å². The number of hydrogen-bond donors (Lipinski definition) is 3. The molecule has 0 bridgehead atoms. The SMILES string of the molecule is OCc1csc2cc(O)cc(O)c12. The van der Waals surface area contributed by atoms with Crippen molar-refractivity contribution in [3.05, 3.63) is 23.1 Å². The van der Waals surface area contributed by atoms with Crippen LogP contribution in [0.4, 0.5) is 0 Å². The third-order valence-corrected chi connectivity index (χ3v) is 2.86. The summed E-state index contributed by atoms with van der Waals surface area (Å²) >= 11 is 1.39. The van der Waals surface area contributed by atoms with Gasteiger partial charge < -0.3 is 15.3 Å². The zero-order chi connectivity index (χ0) is 9.42. The highest BCUT2D eigenvalue weighted by Gasteiger charge is 2.08. The lowest BCUT2D eigenvalue weighted by Crippen LogP contribution is -1.79. The molecule has 0 atom stereocenters. The third kappa shape index (κ3) is 1.24. The summed E-state index contributed by atoms with van der Waals surface area (Å²) in [6, 6.07) is 2.84. The van der Waals surface area contributed by atoms with Gasteiger partial charge in [-0.15, -0.1) is 11.3 Å². The molecule has 0 saturated heterocycles. The second-order valence-electron chi connectivity index (χ2n) is 2.76. The van der Waals surface area contributed by atoms with Crippen molar-refractivity contribution in [2.45, 2.75) is 6.61 Å². The fourth-order valence-electron chi connectivity index (χ4n) is 1.31. The molecule has 1 aromatic heterocycles. The number of thiophene rings is 1. The van der Waals surface area contributed by atoms with E-state index in [-0.39, 0.29) is 18.1 Å². The van der Waals surface area contributed by atoms with Gasteiger partial charge in [-0.25, -0.2) is 0 Å². The minimum absolute atomic E-state index is 0.0142. The predicted octanol–water partition coefficient (Wildman–Crippen LogP) is 1.80. The van der Waals surface area contributed by atoms with Crippen molar-refractivity contribution in [3.8, 4) is 11.5 Å². The van der Waals surface area contributed by atoms with Crippen LogP contribution in [0, 0.1) is 0 Å². The summed E-state index contributed by atoms with van der Waals surface area (Å²) in [6.45, 7) is -0.0989. The smallest absolute Gasteiger partial charge is 0.128 e. The van der Waals surface area contributed by atoms with Gasteiger partial charge in [-0.1, -0.05) is 0 Å². The average Bonchev–Trinajstić information content (AvgIpc) is 2.47. The second kappa shape index (κ2) is 2.90. The zero-order valence-electron chi connectivity index (χ0n) is 6.69. The van der Waals surface area contributed by atoms with Crippen LogP contribution in [0.25, 0.3) is 10.1 Å². The highest BCUT2D eigenvalue weighted by Crippen LogP contribution is 2.36. The van der Waals surface area contributed by atoms with Crippen molar-refractivity contribution in [2.75, 3.05) is 0 Å². The number of fused-ring (bicyclic) bond motifs is 1. The maximum atomic E-state index is 9.49. The van der Waals surface area contributed by atoms with Gasteiger partial charge in [0, 0.05) is 16.2 Å². The van der Waals surface area contributed by atoms with E-state index in [1.165, 1.54) is 17.4 Å². The summed E-state index contributed by atoms with van der Waals surface area (Å²) in [6.07, 6.45) is 0. The number of phenols is 2. The Hall–Kier alpha value is -1.26. The first-order valence-corrected chi connectivity index (χ1v) is 4.63. The van der Waals surface area contributed by atoms with Crippen LogP contribution < -0.4 is 0 Å². The summed E-state index contributed by atoms with van der Waals surface area (Å²) in [4.78, 5) is 0. The first-order valence-electron chi connectivity index (χ1n) is 3.75. The molecule has 3 N–H and O–H groups in total. The molecule has 0 amide bonds. The van der Waals surface area contributed by atoms with Crippen LogP contribution in [0.15, 0.2) is 17.5 Å². The van der Waals surface area contributed by atoms with Crippen molar-refractivity contribution in [2.24, 2.45) is 0 Å². The molecule has 13 heavy (non-hydrogen) atoms. The lowest BCUT2D eigenvalue weighted by molar-refractivity contribution is 0.283. The lowest BCUT2D eigenvalue weighted by Gasteiger charge is -1.98. The van der Waals surface area contributed by atoms with Gasteiger partial charge in [0.15, 0.2) is 0 Å². The molecule has 2 rings (SSSR count). The van der Waals surface area contributed by atoms with E-state index in [1.54, 1.807) is 11.4 Å². The Morgan fingerprint density at radius 1 is 1.23 bits per heavy atom. The number of rotatable bonds is 1. The first kappa shape index (κ1) is 8.34. The van der Waals surface area contributed by atoms with E-state index < -0.39 is 0 Å². The van der Waals surface area contributed by atoms with Crippen LogP contribution in [-0.4, -0.2) is 15.3 Å². The zero-order valence-corrected chi connectivity index (χ0v) is 7.51. The maximum absolute atomic E-state index is 9.49. The lowest BCUT2D eigenvalue weighted by atomic mass is 10.1. The number of aliphatic hydroxyl groups excluding tert-OH is 1. The molecule has 4 heteroatoms. The summed E-state index contributed by atoms with van der Waals surface area (Å²) in [5.41, 5.74) is 0.692. The van der Waals surface area contributed by atoms with E-state index >= 15 is 0 Å². The van der Waals surface area contributed by atoms with Gasteiger partial charge in [-0.2, -0.15) is 0 Å². The largest absolute Gasteiger partial charge is 0.508 e. The number of phenolic OH excluding ortho intramolecular Hbond substituents is 2. The molecular weight excluding hydrogens is 188 g/mol. The van der Waals surface area contributed by atoms with Crippen LogP contribution in [0.3, 0.4) is 0 Å². The Morgan fingerprint density at radius 2 is 2.00 bits per heavy atom. The first-order chi connectivity index (χ1) is 6.22. The Morgan fingerprint density at radius 3 is 2.69 bits per heavy atom. The highest BCUT2D eigenvalue weighted by atomic mass is 32.1. The van der Waals surface area contributed by atoms with E-state index in [1.807, 2.05) is 0 Å². The molecule has 1 aromatic carbocycles. The Labute approximate surface area is 78.5 Å². The molecule has 0 radical (unpaired) electrons. The van der Waals surface area contributed by atoms with Crippen molar-refractivity contribution >= 4 is 21.4 Å². The van der Waals surface area contributed by atoms with E-state index in [0.29, 0.717) is 10.9 Å². The fourth-order valence-corrected chi connectivity index (χ4v) is 2.32. The quantitative estimate of drug-likeness (QED) is 0.651. The molecule has 1 heterocycles. The van der Waals surface area contributed by atoms with Gasteiger partial charge in [0.05, 0.1) is 6.61 Å². The molecule has 68 valence electrons. The van der Waals surface area contributed by atoms with Crippen LogP contribution in [-0.2, 0) is 6.61 Å². The van der Waals surface area contributed by atoms with E-state index in [4.69, 9.17) is 5.11 Å². The number of aliphatic hydroxyl groups is 1. The maximum Gasteiger partial charge on any atom is 0.128 e. The number of benzene rings is 1. The van der Waals surface area contributed by atoms with E-state index in [2.05, 4.69) is 0 Å². The Bertz CT molecular complexity index is 447. The molecule has 0 spiro atoms. The summed E-state index contributed by atoms with van der Waals surface area (Å²) in [7, 11) is 0. The molecule has 2 aromatic rings. The average molecular weight is 196 g/mol. The van der Waals surface area contributed by atoms with E-state index in [0.717, 1.165) is 4.70 Å². The summed E-state index contributed by atoms with van der Waals surface area (Å²) in [5.74, 6) is 0.0524. The predicted molar refractivity (Wildman–Crippen MR) is 51.1 cm³/mol. The van der Waals surface area contributed by atoms with Gasteiger partial charge >= 0.3 is 0 Å². The minimum Gasteiger partial charge on any atom is -0.508 e. The highest BCUT2D eigenvalue weighted by molar-refractivity contribution is 7.17. The van der Waals surface area contributed by atoms with Crippen molar-refractivity contribution in [1.29, 1.82) is 0 Å². The minimum atomic E-state index is -0.0989. The summed E-state index contributed by atoms with van der Waals surface area (Å²) in [5, 5.41) is 30.0. The molecule has 0 aliphatic heterocycles. The molecule has 3 nitrogen and oxygen atoms in total. The number of aromatic hydroxyl groups is 2. The van der Waals surface area contributed by atoms with Crippen LogP contribution >= 0.6 is 11.3 Å². The molecule has 0 fully saturated rings. The van der Waals surface area contributed by atoms with Crippen LogP contribution in [0.5, 0.6) is 11.5 Å². The van der Waals surface area contributed by atoms with Gasteiger partial charge in [-0.05, 0) is 17.0 Å². The van der Waals surface area contributed by atoms with Crippen molar-refractivity contribution < 1.29 is 15.3 Å². The monoisotopic (exact) mass is 196 g/mol. The standard InChI is InChI=1S/C9H8O3S/c10-3-5-4-13-8-2-6(11)1-7(12)9(5)8/h1-2,4,10-12H,3H2. The van der Waals surface area contributed by atoms with Gasteiger partial charge in [0.2, 0.25) is 0 Å². The fraction of sp³-hybridized carbons (Fsp3) is 0.111. The molecule has 0 aliphatic rings. The topological polar surface area (TPSA) is 60.7 Å². The molecule has 0 aliphatic carbocycles. The summed E-state index contributed by atoms with van der Waals surface area (Å²) < 4.78 is 0.779. The third-order valence-electron chi connectivity index (χ3n) is 1.89. The van der Waals surface area contributed by atoms with E-state index in [9.17, 15) is 10.2 Å². The van der Waals surface area contributed by atoms with Gasteiger partial charge in [0.1, 0.15) is 11.5 Å².